The molecule has 0 unspecified atom stereocenters. The Balaban J connectivity index is 1.66. The van der Waals surface area contributed by atoms with Gasteiger partial charge in [-0.15, -0.1) is 0 Å². The molecular formula is C20H27NO. The normalized spacial score (nSPS) is 21.8. The molecule has 0 amide bonds. The fourth-order valence-corrected chi connectivity index (χ4v) is 3.28. The van der Waals surface area contributed by atoms with Gasteiger partial charge in [0.25, 0.3) is 0 Å². The van der Waals surface area contributed by atoms with E-state index in [1.165, 1.54) is 37.7 Å². The smallest absolute Gasteiger partial charge is 0.0991 e. The standard InChI is InChI=1S/C20H27NO/c1-2-3-4-14-22-15-13-17-5-9-19(10-6-17)20-11-7-18(16-21)8-12-20/h2-3,7-8,11-12,17,19H,4-6,9-10,13-15H2,1H3/b3-2+. The summed E-state index contributed by atoms with van der Waals surface area (Å²) < 4.78 is 5.69. The van der Waals surface area contributed by atoms with Crippen LogP contribution in [0.15, 0.2) is 36.4 Å². The molecule has 0 heterocycles. The lowest BCUT2D eigenvalue weighted by atomic mass is 9.77. The highest BCUT2D eigenvalue weighted by Crippen LogP contribution is 2.37. The van der Waals surface area contributed by atoms with Crippen molar-refractivity contribution in [3.8, 4) is 6.07 Å². The van der Waals surface area contributed by atoms with Crippen LogP contribution in [0.2, 0.25) is 0 Å². The van der Waals surface area contributed by atoms with Crippen LogP contribution in [-0.2, 0) is 4.74 Å². The van der Waals surface area contributed by atoms with Crippen LogP contribution in [0.25, 0.3) is 0 Å². The van der Waals surface area contributed by atoms with Crippen molar-refractivity contribution in [2.45, 2.75) is 51.4 Å². The molecule has 2 nitrogen and oxygen atoms in total. The molecule has 1 saturated carbocycles. The average molecular weight is 297 g/mol. The average Bonchev–Trinajstić information content (AvgIpc) is 2.59. The first kappa shape index (κ1) is 16.8. The summed E-state index contributed by atoms with van der Waals surface area (Å²) in [5.74, 6) is 1.51. The fourth-order valence-electron chi connectivity index (χ4n) is 3.28. The first-order valence-electron chi connectivity index (χ1n) is 8.52. The van der Waals surface area contributed by atoms with Crippen molar-refractivity contribution in [3.05, 3.63) is 47.5 Å². The third kappa shape index (κ3) is 5.31. The summed E-state index contributed by atoms with van der Waals surface area (Å²) in [6.45, 7) is 3.81. The van der Waals surface area contributed by atoms with Gasteiger partial charge in [-0.2, -0.15) is 5.26 Å². The Bertz CT molecular complexity index is 489. The maximum atomic E-state index is 8.86. The summed E-state index contributed by atoms with van der Waals surface area (Å²) >= 11 is 0. The lowest BCUT2D eigenvalue weighted by molar-refractivity contribution is 0.116. The molecule has 0 aromatic heterocycles. The van der Waals surface area contributed by atoms with E-state index >= 15 is 0 Å². The number of benzene rings is 1. The molecule has 1 fully saturated rings. The van der Waals surface area contributed by atoms with Crippen molar-refractivity contribution in [3.63, 3.8) is 0 Å². The summed E-state index contributed by atoms with van der Waals surface area (Å²) in [6.07, 6.45) is 11.6. The molecular weight excluding hydrogens is 270 g/mol. The van der Waals surface area contributed by atoms with E-state index in [0.717, 1.165) is 31.1 Å². The third-order valence-electron chi connectivity index (χ3n) is 4.69. The van der Waals surface area contributed by atoms with Crippen molar-refractivity contribution >= 4 is 0 Å². The number of hydrogen-bond donors (Lipinski definition) is 0. The second-order valence-corrected chi connectivity index (χ2v) is 6.21. The zero-order chi connectivity index (χ0) is 15.6. The summed E-state index contributed by atoms with van der Waals surface area (Å²) in [5, 5.41) is 8.86. The van der Waals surface area contributed by atoms with Gasteiger partial charge in [-0.25, -0.2) is 0 Å². The molecule has 0 N–H and O–H groups in total. The minimum Gasteiger partial charge on any atom is -0.381 e. The lowest BCUT2D eigenvalue weighted by Gasteiger charge is -2.28. The van der Waals surface area contributed by atoms with Crippen LogP contribution in [0.1, 0.15) is 62.5 Å². The zero-order valence-corrected chi connectivity index (χ0v) is 13.6. The zero-order valence-electron chi connectivity index (χ0n) is 13.6. The van der Waals surface area contributed by atoms with Gasteiger partial charge in [-0.3, -0.25) is 0 Å². The minimum atomic E-state index is 0.680. The highest BCUT2D eigenvalue weighted by molar-refractivity contribution is 5.33. The first-order chi connectivity index (χ1) is 10.8. The maximum Gasteiger partial charge on any atom is 0.0991 e. The molecule has 2 rings (SSSR count). The Morgan fingerprint density at radius 1 is 1.14 bits per heavy atom. The third-order valence-corrected chi connectivity index (χ3v) is 4.69. The highest BCUT2D eigenvalue weighted by atomic mass is 16.5. The second-order valence-electron chi connectivity index (χ2n) is 6.21. The van der Waals surface area contributed by atoms with Crippen LogP contribution >= 0.6 is 0 Å². The van der Waals surface area contributed by atoms with E-state index in [2.05, 4.69) is 30.4 Å². The van der Waals surface area contributed by atoms with Gasteiger partial charge in [0, 0.05) is 6.61 Å². The maximum absolute atomic E-state index is 8.86. The summed E-state index contributed by atoms with van der Waals surface area (Å²) in [5.41, 5.74) is 2.16. The lowest BCUT2D eigenvalue weighted by Crippen LogP contribution is -2.15. The minimum absolute atomic E-state index is 0.680. The summed E-state index contributed by atoms with van der Waals surface area (Å²) in [6, 6.07) is 10.3. The number of allylic oxidation sites excluding steroid dienone is 1. The summed E-state index contributed by atoms with van der Waals surface area (Å²) in [4.78, 5) is 0. The monoisotopic (exact) mass is 297 g/mol. The van der Waals surface area contributed by atoms with Crippen molar-refractivity contribution in [2.24, 2.45) is 5.92 Å². The molecule has 0 spiro atoms. The predicted octanol–water partition coefficient (Wildman–Crippen LogP) is 5.20. The molecule has 1 aromatic carbocycles. The number of nitriles is 1. The number of hydrogen-bond acceptors (Lipinski definition) is 2. The van der Waals surface area contributed by atoms with E-state index in [4.69, 9.17) is 10.00 Å². The van der Waals surface area contributed by atoms with Gasteiger partial charge < -0.3 is 4.74 Å². The van der Waals surface area contributed by atoms with E-state index in [9.17, 15) is 0 Å². The van der Waals surface area contributed by atoms with E-state index in [1.54, 1.807) is 0 Å². The molecule has 22 heavy (non-hydrogen) atoms. The van der Waals surface area contributed by atoms with Crippen molar-refractivity contribution in [2.75, 3.05) is 13.2 Å². The predicted molar refractivity (Wildman–Crippen MR) is 90.7 cm³/mol. The number of ether oxygens (including phenoxy) is 1. The van der Waals surface area contributed by atoms with Crippen LogP contribution in [0.3, 0.4) is 0 Å². The molecule has 1 aliphatic carbocycles. The Hall–Kier alpha value is -1.59. The largest absolute Gasteiger partial charge is 0.381 e. The highest BCUT2D eigenvalue weighted by Gasteiger charge is 2.22. The van der Waals surface area contributed by atoms with Gasteiger partial charge in [-0.05, 0) is 75.0 Å². The Morgan fingerprint density at radius 2 is 1.86 bits per heavy atom. The number of rotatable bonds is 7. The fraction of sp³-hybridized carbons (Fsp3) is 0.550. The molecule has 0 radical (unpaired) electrons. The molecule has 1 aromatic rings. The molecule has 0 atom stereocenters. The van der Waals surface area contributed by atoms with Crippen LogP contribution in [-0.4, -0.2) is 13.2 Å². The Morgan fingerprint density at radius 3 is 2.50 bits per heavy atom. The Kier molecular flexibility index (Phi) is 7.19. The molecule has 0 saturated heterocycles. The van der Waals surface area contributed by atoms with Crippen LogP contribution in [0.5, 0.6) is 0 Å². The van der Waals surface area contributed by atoms with E-state index in [-0.39, 0.29) is 0 Å². The molecule has 2 heteroatoms. The van der Waals surface area contributed by atoms with Gasteiger partial charge in [-0.1, -0.05) is 24.3 Å². The molecule has 1 aliphatic rings. The van der Waals surface area contributed by atoms with Gasteiger partial charge in [0.1, 0.15) is 0 Å². The van der Waals surface area contributed by atoms with Crippen molar-refractivity contribution in [1.29, 1.82) is 5.26 Å². The molecule has 0 aliphatic heterocycles. The van der Waals surface area contributed by atoms with Gasteiger partial charge >= 0.3 is 0 Å². The SMILES string of the molecule is C/C=C/CCOCCC1CCC(c2ccc(C#N)cc2)CC1. The molecule has 118 valence electrons. The van der Waals surface area contributed by atoms with Crippen LogP contribution in [0.4, 0.5) is 0 Å². The van der Waals surface area contributed by atoms with Gasteiger partial charge in [0.2, 0.25) is 0 Å². The first-order valence-corrected chi connectivity index (χ1v) is 8.52. The van der Waals surface area contributed by atoms with Crippen molar-refractivity contribution in [1.82, 2.24) is 0 Å². The van der Waals surface area contributed by atoms with Gasteiger partial charge in [0.15, 0.2) is 0 Å². The second kappa shape index (κ2) is 9.43. The van der Waals surface area contributed by atoms with Crippen molar-refractivity contribution < 1.29 is 4.74 Å². The van der Waals surface area contributed by atoms with Gasteiger partial charge in [0.05, 0.1) is 18.2 Å². The summed E-state index contributed by atoms with van der Waals surface area (Å²) in [7, 11) is 0. The Labute approximate surface area is 134 Å². The van der Waals surface area contributed by atoms with E-state index < -0.39 is 0 Å². The van der Waals surface area contributed by atoms with E-state index in [1.807, 2.05) is 19.1 Å². The van der Waals surface area contributed by atoms with Crippen LogP contribution < -0.4 is 0 Å². The molecule has 0 bridgehead atoms. The number of nitrogens with zero attached hydrogens (tertiary/aromatic N) is 1. The van der Waals surface area contributed by atoms with Crippen LogP contribution in [0, 0.1) is 17.2 Å². The quantitative estimate of drug-likeness (QED) is 0.511. The van der Waals surface area contributed by atoms with E-state index in [0.29, 0.717) is 5.92 Å². The topological polar surface area (TPSA) is 33.0 Å².